The van der Waals surface area contributed by atoms with E-state index in [-0.39, 0.29) is 5.41 Å². The van der Waals surface area contributed by atoms with Gasteiger partial charge in [-0.2, -0.15) is 0 Å². The minimum atomic E-state index is 0.258. The van der Waals surface area contributed by atoms with E-state index in [1.807, 2.05) is 18.2 Å². The van der Waals surface area contributed by atoms with Crippen molar-refractivity contribution in [2.24, 2.45) is 11.8 Å². The predicted molar refractivity (Wildman–Crippen MR) is 227 cm³/mol. The number of hydrogen-bond acceptors (Lipinski definition) is 2. The molecule has 6 aromatic carbocycles. The molecule has 4 saturated carbocycles. The molecule has 0 radical (unpaired) electrons. The molecule has 0 spiro atoms. The molecule has 2 unspecified atom stereocenters. The smallest absolute Gasteiger partial charge is 0.135 e. The first-order valence-electron chi connectivity index (χ1n) is 20.3. The molecule has 11 rings (SSSR count). The minimum Gasteiger partial charge on any atom is -0.456 e. The average molecular weight is 704 g/mol. The fourth-order valence-corrected chi connectivity index (χ4v) is 11.2. The first-order chi connectivity index (χ1) is 26.5. The van der Waals surface area contributed by atoms with E-state index in [0.717, 1.165) is 40.2 Å². The maximum atomic E-state index is 6.12. The Bertz CT molecular complexity index is 2440. The SMILES string of the molecule is C=Cc1ccc(C23CC4CC(C2)CC(c2ccc(N(c5ccc(CCCC)cc5)c5ccc(-c6ccc7oc8ccccc8c7c6)cc5)cc2)(C4)C3)cc1. The molecule has 1 aromatic heterocycles. The zero-order chi connectivity index (χ0) is 36.3. The molecule has 0 N–H and O–H groups in total. The lowest BCUT2D eigenvalue weighted by Crippen LogP contribution is -2.55. The average Bonchev–Trinajstić information content (AvgIpc) is 3.59. The number of para-hydroxylation sites is 1. The standard InChI is InChI=1S/C52H49NO/c1-3-5-8-37-13-22-44(23-14-37)53(45-24-15-40(16-25-45)41-17-28-50-48(30-41)47-9-6-7-10-49(47)54-50)46-26-20-43(21-27-46)52-33-38-29-39(34-52)32-51(31-38,35-52)42-18-11-36(4-2)12-19-42/h4,6-7,9-28,30,38-39H,2-3,5,8,29,31-35H2,1H3. The summed E-state index contributed by atoms with van der Waals surface area (Å²) in [6.45, 7) is 6.27. The van der Waals surface area contributed by atoms with Crippen LogP contribution in [0.5, 0.6) is 0 Å². The van der Waals surface area contributed by atoms with Gasteiger partial charge in [-0.25, -0.2) is 0 Å². The second-order valence-corrected chi connectivity index (χ2v) is 16.9. The molecule has 7 aromatic rings. The van der Waals surface area contributed by atoms with Crippen LogP contribution in [-0.2, 0) is 17.3 Å². The Hall–Kier alpha value is -5.34. The van der Waals surface area contributed by atoms with E-state index in [1.54, 1.807) is 11.1 Å². The van der Waals surface area contributed by atoms with E-state index in [4.69, 9.17) is 4.42 Å². The Balaban J connectivity index is 0.988. The van der Waals surface area contributed by atoms with Crippen molar-refractivity contribution in [2.75, 3.05) is 4.90 Å². The van der Waals surface area contributed by atoms with Gasteiger partial charge in [0.25, 0.3) is 0 Å². The topological polar surface area (TPSA) is 16.4 Å². The summed E-state index contributed by atoms with van der Waals surface area (Å²) in [4.78, 5) is 2.44. The molecule has 2 nitrogen and oxygen atoms in total. The molecule has 0 saturated heterocycles. The number of benzene rings is 6. The van der Waals surface area contributed by atoms with Gasteiger partial charge in [0.1, 0.15) is 11.2 Å². The number of anilines is 3. The highest BCUT2D eigenvalue weighted by Crippen LogP contribution is 2.66. The predicted octanol–water partition coefficient (Wildman–Crippen LogP) is 14.5. The fourth-order valence-electron chi connectivity index (χ4n) is 11.2. The number of rotatable bonds is 10. The number of aryl methyl sites for hydroxylation is 1. The number of hydrogen-bond donors (Lipinski definition) is 0. The highest BCUT2D eigenvalue weighted by atomic mass is 16.3. The fraction of sp³-hybridized carbons (Fsp3) is 0.269. The lowest BCUT2D eigenvalue weighted by molar-refractivity contribution is -0.0281. The Labute approximate surface area is 320 Å². The van der Waals surface area contributed by atoms with E-state index >= 15 is 0 Å². The number of unbranched alkanes of at least 4 members (excludes halogenated alkanes) is 1. The molecule has 4 aliphatic rings. The van der Waals surface area contributed by atoms with Crippen molar-refractivity contribution in [3.63, 3.8) is 0 Å². The Morgan fingerprint density at radius 1 is 0.630 bits per heavy atom. The van der Waals surface area contributed by atoms with Crippen LogP contribution in [0.1, 0.15) is 80.5 Å². The van der Waals surface area contributed by atoms with Crippen LogP contribution in [-0.4, -0.2) is 0 Å². The molecule has 268 valence electrons. The summed E-state index contributed by atoms with van der Waals surface area (Å²) in [6.07, 6.45) is 13.6. The maximum Gasteiger partial charge on any atom is 0.135 e. The van der Waals surface area contributed by atoms with Gasteiger partial charge >= 0.3 is 0 Å². The van der Waals surface area contributed by atoms with Crippen molar-refractivity contribution in [3.05, 3.63) is 168 Å². The van der Waals surface area contributed by atoms with Gasteiger partial charge in [0.05, 0.1) is 0 Å². The van der Waals surface area contributed by atoms with E-state index < -0.39 is 0 Å². The largest absolute Gasteiger partial charge is 0.456 e. The van der Waals surface area contributed by atoms with Crippen LogP contribution in [0.4, 0.5) is 17.1 Å². The normalized spacial score (nSPS) is 22.9. The van der Waals surface area contributed by atoms with Crippen LogP contribution in [0, 0.1) is 11.8 Å². The molecule has 0 aliphatic heterocycles. The Morgan fingerprint density at radius 3 is 1.81 bits per heavy atom. The zero-order valence-corrected chi connectivity index (χ0v) is 31.4. The zero-order valence-electron chi connectivity index (χ0n) is 31.4. The maximum absolute atomic E-state index is 6.12. The van der Waals surface area contributed by atoms with Gasteiger partial charge in [0.2, 0.25) is 0 Å². The van der Waals surface area contributed by atoms with E-state index in [1.165, 1.54) is 90.7 Å². The van der Waals surface area contributed by atoms with Crippen LogP contribution in [0.25, 0.3) is 39.1 Å². The van der Waals surface area contributed by atoms with Crippen molar-refractivity contribution in [1.82, 2.24) is 0 Å². The molecule has 4 aliphatic carbocycles. The lowest BCUT2D eigenvalue weighted by Gasteiger charge is -2.63. The third-order valence-electron chi connectivity index (χ3n) is 13.4. The highest BCUT2D eigenvalue weighted by Gasteiger charge is 2.58. The van der Waals surface area contributed by atoms with Gasteiger partial charge < -0.3 is 9.32 Å². The third-order valence-corrected chi connectivity index (χ3v) is 13.4. The molecule has 4 fully saturated rings. The molecular formula is C52H49NO. The summed E-state index contributed by atoms with van der Waals surface area (Å²) in [5.41, 5.74) is 14.1. The third kappa shape index (κ3) is 5.70. The van der Waals surface area contributed by atoms with Crippen LogP contribution in [0.3, 0.4) is 0 Å². The van der Waals surface area contributed by atoms with E-state index in [0.29, 0.717) is 5.41 Å². The van der Waals surface area contributed by atoms with Gasteiger partial charge in [0, 0.05) is 27.8 Å². The Kier molecular flexibility index (Phi) is 8.13. The molecule has 4 bridgehead atoms. The molecule has 2 heteroatoms. The van der Waals surface area contributed by atoms with Crippen molar-refractivity contribution in [2.45, 2.75) is 75.5 Å². The second-order valence-electron chi connectivity index (χ2n) is 16.9. The number of furan rings is 1. The van der Waals surface area contributed by atoms with Crippen LogP contribution >= 0.6 is 0 Å². The highest BCUT2D eigenvalue weighted by molar-refractivity contribution is 6.06. The van der Waals surface area contributed by atoms with Gasteiger partial charge in [-0.1, -0.05) is 111 Å². The molecular weight excluding hydrogens is 655 g/mol. The van der Waals surface area contributed by atoms with Gasteiger partial charge in [-0.05, 0) is 162 Å². The lowest BCUT2D eigenvalue weighted by atomic mass is 9.42. The Morgan fingerprint density at radius 2 is 1.19 bits per heavy atom. The molecule has 0 amide bonds. The van der Waals surface area contributed by atoms with Crippen molar-refractivity contribution in [1.29, 1.82) is 0 Å². The summed E-state index contributed by atoms with van der Waals surface area (Å²) in [6, 6.07) is 52.4. The van der Waals surface area contributed by atoms with Gasteiger partial charge in [0.15, 0.2) is 0 Å². The van der Waals surface area contributed by atoms with E-state index in [2.05, 4.69) is 146 Å². The summed E-state index contributed by atoms with van der Waals surface area (Å²) in [5, 5.41) is 2.32. The monoisotopic (exact) mass is 703 g/mol. The van der Waals surface area contributed by atoms with Crippen LogP contribution < -0.4 is 4.90 Å². The van der Waals surface area contributed by atoms with Crippen LogP contribution in [0.2, 0.25) is 0 Å². The first-order valence-corrected chi connectivity index (χ1v) is 20.3. The number of fused-ring (bicyclic) bond motifs is 3. The van der Waals surface area contributed by atoms with Crippen molar-refractivity contribution < 1.29 is 4.42 Å². The number of nitrogens with zero attached hydrogens (tertiary/aromatic N) is 1. The quantitative estimate of drug-likeness (QED) is 0.141. The first kappa shape index (κ1) is 33.2. The molecule has 2 atom stereocenters. The van der Waals surface area contributed by atoms with Gasteiger partial charge in [-0.3, -0.25) is 0 Å². The second kappa shape index (κ2) is 13.2. The van der Waals surface area contributed by atoms with Crippen molar-refractivity contribution >= 4 is 45.1 Å². The van der Waals surface area contributed by atoms with Crippen molar-refractivity contribution in [3.8, 4) is 11.1 Å². The van der Waals surface area contributed by atoms with Crippen LogP contribution in [0.15, 0.2) is 151 Å². The minimum absolute atomic E-state index is 0.258. The summed E-state index contributed by atoms with van der Waals surface area (Å²) >= 11 is 0. The molecule has 1 heterocycles. The van der Waals surface area contributed by atoms with Gasteiger partial charge in [-0.15, -0.1) is 0 Å². The summed E-state index contributed by atoms with van der Waals surface area (Å²) in [5.74, 6) is 1.64. The summed E-state index contributed by atoms with van der Waals surface area (Å²) in [7, 11) is 0. The molecule has 54 heavy (non-hydrogen) atoms. The van der Waals surface area contributed by atoms with E-state index in [9.17, 15) is 0 Å². The summed E-state index contributed by atoms with van der Waals surface area (Å²) < 4.78 is 6.12.